The Hall–Kier alpha value is -2.93. The molecule has 6 nitrogen and oxygen atoms in total. The lowest BCUT2D eigenvalue weighted by atomic mass is 9.64. The molecule has 0 spiro atoms. The summed E-state index contributed by atoms with van der Waals surface area (Å²) in [7, 11) is 0. The Kier molecular flexibility index (Phi) is 6.51. The molecule has 1 aliphatic heterocycles. The largest absolute Gasteiger partial charge is 0.369 e. The van der Waals surface area contributed by atoms with Crippen molar-refractivity contribution < 1.29 is 14.0 Å². The molecule has 0 unspecified atom stereocenters. The van der Waals surface area contributed by atoms with Gasteiger partial charge in [0, 0.05) is 44.8 Å². The van der Waals surface area contributed by atoms with Crippen LogP contribution in [0.4, 0.5) is 10.1 Å². The van der Waals surface area contributed by atoms with Crippen LogP contribution < -0.4 is 15.8 Å². The molecule has 2 amide bonds. The van der Waals surface area contributed by atoms with Gasteiger partial charge in [0.25, 0.3) is 0 Å². The summed E-state index contributed by atoms with van der Waals surface area (Å²) >= 11 is 0. The number of rotatable bonds is 6. The number of piperazine rings is 1. The predicted molar refractivity (Wildman–Crippen MR) is 118 cm³/mol. The summed E-state index contributed by atoms with van der Waals surface area (Å²) in [6.07, 6.45) is 2.67. The van der Waals surface area contributed by atoms with Gasteiger partial charge in [-0.2, -0.15) is 0 Å². The number of halogens is 1. The van der Waals surface area contributed by atoms with E-state index in [0.29, 0.717) is 25.8 Å². The number of carbonyl (C=O) groups excluding carboxylic acids is 2. The van der Waals surface area contributed by atoms with Crippen LogP contribution in [0.5, 0.6) is 0 Å². The van der Waals surface area contributed by atoms with E-state index in [1.165, 1.54) is 17.8 Å². The Labute approximate surface area is 182 Å². The molecule has 2 fully saturated rings. The number of benzene rings is 2. The molecule has 1 saturated carbocycles. The van der Waals surface area contributed by atoms with Gasteiger partial charge in [0.2, 0.25) is 11.8 Å². The van der Waals surface area contributed by atoms with Crippen LogP contribution in [-0.2, 0) is 15.0 Å². The fraction of sp³-hybridized carbons (Fsp3) is 0.417. The predicted octanol–water partition coefficient (Wildman–Crippen LogP) is 2.61. The van der Waals surface area contributed by atoms with Gasteiger partial charge in [-0.15, -0.1) is 0 Å². The van der Waals surface area contributed by atoms with E-state index in [2.05, 4.69) is 32.8 Å². The zero-order valence-electron chi connectivity index (χ0n) is 17.6. The molecule has 7 heteroatoms. The van der Waals surface area contributed by atoms with Gasteiger partial charge >= 0.3 is 0 Å². The molecule has 1 saturated heterocycles. The molecule has 164 valence electrons. The molecule has 2 aromatic rings. The monoisotopic (exact) mass is 424 g/mol. The van der Waals surface area contributed by atoms with Gasteiger partial charge in [-0.05, 0) is 42.7 Å². The number of nitrogens with zero attached hydrogens (tertiary/aromatic N) is 2. The van der Waals surface area contributed by atoms with Gasteiger partial charge in [0.1, 0.15) is 5.82 Å². The normalized spacial score (nSPS) is 18.2. The topological polar surface area (TPSA) is 64.7 Å². The molecule has 0 atom stereocenters. The summed E-state index contributed by atoms with van der Waals surface area (Å²) in [4.78, 5) is 29.7. The van der Waals surface area contributed by atoms with E-state index in [1.54, 1.807) is 12.1 Å². The van der Waals surface area contributed by atoms with Crippen LogP contribution in [-0.4, -0.2) is 49.4 Å². The first-order valence-corrected chi connectivity index (χ1v) is 10.9. The summed E-state index contributed by atoms with van der Waals surface area (Å²) in [6, 6.07) is 16.4. The van der Waals surface area contributed by atoms with Crippen LogP contribution in [0.3, 0.4) is 0 Å². The van der Waals surface area contributed by atoms with E-state index in [4.69, 9.17) is 0 Å². The van der Waals surface area contributed by atoms with Crippen LogP contribution in [0.15, 0.2) is 54.6 Å². The van der Waals surface area contributed by atoms with Crippen molar-refractivity contribution in [2.45, 2.75) is 31.1 Å². The SMILES string of the molecule is O=C(CCN1CCN(c2ccccc2)CC1)NNC(=O)C1(c2ccc(F)cc2)CCC1. The molecule has 0 aromatic heterocycles. The van der Waals surface area contributed by atoms with E-state index in [1.807, 2.05) is 18.2 Å². The molecule has 1 aliphatic carbocycles. The third kappa shape index (κ3) is 4.88. The minimum atomic E-state index is -0.672. The number of anilines is 1. The van der Waals surface area contributed by atoms with Crippen LogP contribution >= 0.6 is 0 Å². The molecule has 0 radical (unpaired) electrons. The Bertz CT molecular complexity index is 892. The second kappa shape index (κ2) is 9.47. The van der Waals surface area contributed by atoms with Crippen LogP contribution in [0.25, 0.3) is 0 Å². The molecule has 0 bridgehead atoms. The first-order valence-electron chi connectivity index (χ1n) is 10.9. The minimum absolute atomic E-state index is 0.201. The highest BCUT2D eigenvalue weighted by molar-refractivity contribution is 5.91. The van der Waals surface area contributed by atoms with Crippen molar-refractivity contribution >= 4 is 17.5 Å². The smallest absolute Gasteiger partial charge is 0.249 e. The number of carbonyl (C=O) groups is 2. The van der Waals surface area contributed by atoms with Crippen molar-refractivity contribution in [3.63, 3.8) is 0 Å². The number of para-hydroxylation sites is 1. The molecule has 31 heavy (non-hydrogen) atoms. The highest BCUT2D eigenvalue weighted by Crippen LogP contribution is 2.43. The Morgan fingerprint density at radius 1 is 0.903 bits per heavy atom. The second-order valence-electron chi connectivity index (χ2n) is 8.36. The number of nitrogens with one attached hydrogen (secondary N) is 2. The number of hydrogen-bond donors (Lipinski definition) is 2. The Morgan fingerprint density at radius 2 is 1.58 bits per heavy atom. The average Bonchev–Trinajstić information content (AvgIpc) is 2.78. The summed E-state index contributed by atoms with van der Waals surface area (Å²) < 4.78 is 13.2. The lowest BCUT2D eigenvalue weighted by Crippen LogP contribution is -2.55. The fourth-order valence-electron chi connectivity index (χ4n) is 4.38. The summed E-state index contributed by atoms with van der Waals surface area (Å²) in [5, 5.41) is 0. The molecule has 1 heterocycles. The third-order valence-corrected chi connectivity index (χ3v) is 6.50. The number of amides is 2. The van der Waals surface area contributed by atoms with E-state index < -0.39 is 5.41 Å². The van der Waals surface area contributed by atoms with Crippen molar-refractivity contribution in [1.29, 1.82) is 0 Å². The van der Waals surface area contributed by atoms with Gasteiger partial charge in [0.15, 0.2) is 0 Å². The van der Waals surface area contributed by atoms with Crippen molar-refractivity contribution in [2.75, 3.05) is 37.6 Å². The van der Waals surface area contributed by atoms with E-state index in [9.17, 15) is 14.0 Å². The third-order valence-electron chi connectivity index (χ3n) is 6.50. The standard InChI is InChI=1S/C24H29FN4O2/c25-20-9-7-19(8-10-20)24(12-4-13-24)23(31)27-26-22(30)11-14-28-15-17-29(18-16-28)21-5-2-1-3-6-21/h1-3,5-10H,4,11-18H2,(H,26,30)(H,27,31). The van der Waals surface area contributed by atoms with Crippen molar-refractivity contribution in [3.05, 3.63) is 66.0 Å². The minimum Gasteiger partial charge on any atom is -0.369 e. The van der Waals surface area contributed by atoms with Crippen LogP contribution in [0.1, 0.15) is 31.2 Å². The fourth-order valence-corrected chi connectivity index (χ4v) is 4.38. The number of hydrogen-bond acceptors (Lipinski definition) is 4. The molecule has 2 N–H and O–H groups in total. The zero-order valence-corrected chi connectivity index (χ0v) is 17.6. The molecule has 2 aromatic carbocycles. The highest BCUT2D eigenvalue weighted by atomic mass is 19.1. The molecular formula is C24H29FN4O2. The average molecular weight is 425 g/mol. The molecule has 2 aliphatic rings. The van der Waals surface area contributed by atoms with Gasteiger partial charge < -0.3 is 4.90 Å². The van der Waals surface area contributed by atoms with Crippen LogP contribution in [0, 0.1) is 5.82 Å². The first kappa shape index (κ1) is 21.3. The van der Waals surface area contributed by atoms with Crippen molar-refractivity contribution in [3.8, 4) is 0 Å². The Morgan fingerprint density at radius 3 is 2.19 bits per heavy atom. The summed E-state index contributed by atoms with van der Waals surface area (Å²) in [6.45, 7) is 4.34. The van der Waals surface area contributed by atoms with E-state index in [0.717, 1.165) is 38.2 Å². The maximum Gasteiger partial charge on any atom is 0.249 e. The summed E-state index contributed by atoms with van der Waals surface area (Å²) in [5.41, 5.74) is 6.51. The Balaban J connectivity index is 1.20. The maximum absolute atomic E-state index is 13.2. The molecular weight excluding hydrogens is 395 g/mol. The number of hydrazine groups is 1. The van der Waals surface area contributed by atoms with E-state index in [-0.39, 0.29) is 17.6 Å². The lowest BCUT2D eigenvalue weighted by Gasteiger charge is -2.40. The van der Waals surface area contributed by atoms with Crippen molar-refractivity contribution in [1.82, 2.24) is 15.8 Å². The van der Waals surface area contributed by atoms with Gasteiger partial charge in [-0.1, -0.05) is 36.8 Å². The maximum atomic E-state index is 13.2. The van der Waals surface area contributed by atoms with E-state index >= 15 is 0 Å². The second-order valence-corrected chi connectivity index (χ2v) is 8.36. The van der Waals surface area contributed by atoms with Gasteiger partial charge in [-0.25, -0.2) is 4.39 Å². The van der Waals surface area contributed by atoms with Gasteiger partial charge in [-0.3, -0.25) is 25.3 Å². The summed E-state index contributed by atoms with van der Waals surface area (Å²) in [5.74, 6) is -0.751. The quantitative estimate of drug-likeness (QED) is 0.700. The lowest BCUT2D eigenvalue weighted by molar-refractivity contribution is -0.134. The molecule has 4 rings (SSSR count). The van der Waals surface area contributed by atoms with Gasteiger partial charge in [0.05, 0.1) is 5.41 Å². The van der Waals surface area contributed by atoms with Crippen molar-refractivity contribution in [2.24, 2.45) is 0 Å². The van der Waals surface area contributed by atoms with Crippen LogP contribution in [0.2, 0.25) is 0 Å². The zero-order chi connectivity index (χ0) is 21.7. The highest BCUT2D eigenvalue weighted by Gasteiger charge is 2.45. The first-order chi connectivity index (χ1) is 15.1.